The minimum atomic E-state index is -2.85. The fourth-order valence-electron chi connectivity index (χ4n) is 7.85. The largest absolute Gasteiger partial charge is 0.456 e. The predicted octanol–water partition coefficient (Wildman–Crippen LogP) is 11.2. The first-order valence-corrected chi connectivity index (χ1v) is 19.3. The van der Waals surface area contributed by atoms with Crippen molar-refractivity contribution in [3.05, 3.63) is 194 Å². The van der Waals surface area contributed by atoms with Gasteiger partial charge in [-0.05, 0) is 107 Å². The van der Waals surface area contributed by atoms with Gasteiger partial charge < -0.3 is 8.98 Å². The third kappa shape index (κ3) is 4.82. The number of fused-ring (bicyclic) bond motifs is 6. The van der Waals surface area contributed by atoms with Gasteiger partial charge in [0.1, 0.15) is 27.1 Å². The van der Waals surface area contributed by atoms with E-state index in [4.69, 9.17) is 4.42 Å². The number of benzene rings is 8. The van der Waals surface area contributed by atoms with E-state index >= 15 is 0 Å². The van der Waals surface area contributed by atoms with Crippen LogP contribution in [-0.2, 0) is 0 Å². The van der Waals surface area contributed by atoms with Crippen LogP contribution < -0.4 is 15.9 Å². The number of hydrogen-bond donors (Lipinski definition) is 1. The molecule has 0 aliphatic heterocycles. The maximum absolute atomic E-state index is 12.6. The summed E-state index contributed by atoms with van der Waals surface area (Å²) in [6.07, 6.45) is 0. The zero-order valence-electron chi connectivity index (χ0n) is 28.2. The molecule has 0 saturated carbocycles. The first kappa shape index (κ1) is 30.6. The van der Waals surface area contributed by atoms with Gasteiger partial charge in [-0.3, -0.25) is 0 Å². The molecule has 0 aliphatic rings. The quantitative estimate of drug-likeness (QED) is 0.177. The van der Waals surface area contributed by atoms with Crippen LogP contribution >= 0.6 is 7.49 Å². The highest BCUT2D eigenvalue weighted by Crippen LogP contribution is 2.51. The number of furan rings is 1. The van der Waals surface area contributed by atoms with Crippen LogP contribution in [0.4, 0.5) is 0 Å². The Bertz CT molecular complexity index is 2850. The smallest absolute Gasteiger partial charge is 0.238 e. The molecule has 10 rings (SSSR count). The van der Waals surface area contributed by atoms with E-state index < -0.39 is 7.49 Å². The molecule has 10 aromatic rings. The van der Waals surface area contributed by atoms with Crippen molar-refractivity contribution in [3.8, 4) is 27.9 Å². The predicted molar refractivity (Wildman–Crippen MR) is 220 cm³/mol. The Morgan fingerprint density at radius 3 is 1.62 bits per heavy atom. The lowest BCUT2D eigenvalue weighted by Gasteiger charge is -2.20. The summed E-state index contributed by atoms with van der Waals surface area (Å²) in [5.74, 6) is 0. The van der Waals surface area contributed by atoms with Gasteiger partial charge in [0.05, 0.1) is 11.0 Å². The van der Waals surface area contributed by atoms with Gasteiger partial charge in [-0.1, -0.05) is 109 Å². The van der Waals surface area contributed by atoms with Crippen molar-refractivity contribution in [1.82, 2.24) is 4.57 Å². The van der Waals surface area contributed by atoms with Crippen molar-refractivity contribution in [1.29, 1.82) is 0 Å². The van der Waals surface area contributed by atoms with Crippen molar-refractivity contribution in [3.63, 3.8) is 0 Å². The van der Waals surface area contributed by atoms with E-state index in [1.54, 1.807) is 0 Å². The molecule has 3 nitrogen and oxygen atoms in total. The zero-order valence-corrected chi connectivity index (χ0v) is 29.1. The molecule has 2 aromatic heterocycles. The number of nitrogens with zero attached hydrogens (tertiary/aromatic N) is 1. The van der Waals surface area contributed by atoms with Crippen LogP contribution in [0, 0.1) is 0 Å². The minimum Gasteiger partial charge on any atom is -0.456 e. The molecule has 0 amide bonds. The molecule has 0 atom stereocenters. The van der Waals surface area contributed by atoms with Gasteiger partial charge >= 0.3 is 0 Å². The van der Waals surface area contributed by atoms with E-state index in [9.17, 15) is 4.89 Å². The van der Waals surface area contributed by atoms with Crippen molar-refractivity contribution in [2.24, 2.45) is 0 Å². The van der Waals surface area contributed by atoms with Crippen LogP contribution in [0.2, 0.25) is 0 Å². The lowest BCUT2D eigenvalue weighted by molar-refractivity contribution is 0.633. The summed E-state index contributed by atoms with van der Waals surface area (Å²) in [4.78, 5) is 12.6. The maximum Gasteiger partial charge on any atom is 0.238 e. The van der Waals surface area contributed by atoms with Crippen molar-refractivity contribution in [2.75, 3.05) is 0 Å². The zero-order chi connectivity index (χ0) is 34.6. The summed E-state index contributed by atoms with van der Waals surface area (Å²) in [5.41, 5.74) is 9.74. The molecular weight excluding hydrogens is 654 g/mol. The van der Waals surface area contributed by atoms with Crippen LogP contribution in [0.25, 0.3) is 71.7 Å². The Kier molecular flexibility index (Phi) is 7.18. The molecule has 1 N–H and O–H groups in total. The molecule has 8 aromatic carbocycles. The third-order valence-electron chi connectivity index (χ3n) is 10.3. The van der Waals surface area contributed by atoms with E-state index in [2.05, 4.69) is 126 Å². The monoisotopic (exact) mass is 686 g/mol. The standard InChI is InChI=1S/C48H33NO2P/c50-52(37-15-6-2-7-16-37,38-17-8-3-9-18-38)39-27-25-36(26-28-39)49-44-29-23-34(33-13-4-1-5-14-33)31-42(44)43-32-35(24-30-45(43)49)40-20-12-22-47-48(40)41-19-10-11-21-46(41)51-47/h1-32,50H/q+1. The number of hydrogen-bond acceptors (Lipinski definition) is 2. The van der Waals surface area contributed by atoms with Gasteiger partial charge in [0.25, 0.3) is 0 Å². The minimum absolute atomic E-state index is 0.890. The highest BCUT2D eigenvalue weighted by atomic mass is 31.2. The van der Waals surface area contributed by atoms with Crippen LogP contribution in [0.3, 0.4) is 0 Å². The fraction of sp³-hybridized carbons (Fsp3) is 0. The highest BCUT2D eigenvalue weighted by molar-refractivity contribution is 7.91. The highest BCUT2D eigenvalue weighted by Gasteiger charge is 2.44. The summed E-state index contributed by atoms with van der Waals surface area (Å²) in [7, 11) is -2.85. The Hall–Kier alpha value is -6.25. The van der Waals surface area contributed by atoms with Crippen LogP contribution in [0.1, 0.15) is 0 Å². The van der Waals surface area contributed by atoms with Crippen molar-refractivity contribution < 1.29 is 9.31 Å². The molecule has 2 heterocycles. The summed E-state index contributed by atoms with van der Waals surface area (Å²) in [5, 5.41) is 7.41. The summed E-state index contributed by atoms with van der Waals surface area (Å²) < 4.78 is 8.62. The van der Waals surface area contributed by atoms with Gasteiger partial charge in [-0.2, -0.15) is 0 Å². The first-order chi connectivity index (χ1) is 25.7. The van der Waals surface area contributed by atoms with E-state index in [-0.39, 0.29) is 0 Å². The normalized spacial score (nSPS) is 11.9. The Labute approximate surface area is 302 Å². The Morgan fingerprint density at radius 1 is 0.404 bits per heavy atom. The molecule has 0 aliphatic carbocycles. The molecular formula is C48H33NO2P+. The molecule has 0 fully saturated rings. The van der Waals surface area contributed by atoms with Gasteiger partial charge in [0, 0.05) is 27.2 Å². The van der Waals surface area contributed by atoms with Gasteiger partial charge in [-0.25, -0.2) is 4.89 Å². The molecule has 246 valence electrons. The second-order valence-electron chi connectivity index (χ2n) is 13.3. The van der Waals surface area contributed by atoms with E-state index in [0.717, 1.165) is 65.7 Å². The number of rotatable bonds is 6. The SMILES string of the molecule is O[P+](c1ccccc1)(c1ccccc1)c1ccc(-n2c3ccc(-c4ccccc4)cc3c3cc(-c4cccc5oc6ccccc6c45)ccc32)cc1. The average Bonchev–Trinajstić information content (AvgIpc) is 3.77. The van der Waals surface area contributed by atoms with E-state index in [1.165, 1.54) is 21.9 Å². The Balaban J connectivity index is 1.18. The second kappa shape index (κ2) is 12.2. The van der Waals surface area contributed by atoms with Crippen LogP contribution in [0.5, 0.6) is 0 Å². The lowest BCUT2D eigenvalue weighted by atomic mass is 9.97. The van der Waals surface area contributed by atoms with Gasteiger partial charge in [0.15, 0.2) is 0 Å². The molecule has 4 heteroatoms. The van der Waals surface area contributed by atoms with E-state index in [0.29, 0.717) is 0 Å². The van der Waals surface area contributed by atoms with Crippen molar-refractivity contribution in [2.45, 2.75) is 0 Å². The third-order valence-corrected chi connectivity index (χ3v) is 13.5. The summed E-state index contributed by atoms with van der Waals surface area (Å²) in [6.45, 7) is 0. The average molecular weight is 687 g/mol. The second-order valence-corrected chi connectivity index (χ2v) is 16.1. The fourth-order valence-corrected chi connectivity index (χ4v) is 10.5. The van der Waals surface area contributed by atoms with Crippen LogP contribution in [0.15, 0.2) is 199 Å². The van der Waals surface area contributed by atoms with Gasteiger partial charge in [0.2, 0.25) is 7.49 Å². The molecule has 0 bridgehead atoms. The molecule has 0 saturated heterocycles. The number of para-hydroxylation sites is 1. The first-order valence-electron chi connectivity index (χ1n) is 17.6. The summed E-state index contributed by atoms with van der Waals surface area (Å²) in [6, 6.07) is 67.5. The van der Waals surface area contributed by atoms with Crippen molar-refractivity contribution >= 4 is 67.1 Å². The van der Waals surface area contributed by atoms with E-state index in [1.807, 2.05) is 72.8 Å². The number of aromatic nitrogens is 1. The maximum atomic E-state index is 12.6. The molecule has 0 spiro atoms. The molecule has 0 unspecified atom stereocenters. The van der Waals surface area contributed by atoms with Crippen LogP contribution in [-0.4, -0.2) is 9.46 Å². The Morgan fingerprint density at radius 2 is 0.942 bits per heavy atom. The lowest BCUT2D eigenvalue weighted by Crippen LogP contribution is -2.30. The topological polar surface area (TPSA) is 38.3 Å². The van der Waals surface area contributed by atoms with Gasteiger partial charge in [-0.15, -0.1) is 0 Å². The molecule has 52 heavy (non-hydrogen) atoms. The molecule has 0 radical (unpaired) electrons. The summed E-state index contributed by atoms with van der Waals surface area (Å²) >= 11 is 0.